The minimum absolute atomic E-state index is 0.0588. The number of hydrogen-bond donors (Lipinski definition) is 3. The highest BCUT2D eigenvalue weighted by Gasteiger charge is 2.29. The number of amides is 1. The number of benzene rings is 1. The molecular weight excluding hydrogens is 415 g/mol. The number of alkyl halides is 3. The van der Waals surface area contributed by atoms with E-state index in [1.54, 1.807) is 0 Å². The predicted octanol–water partition coefficient (Wildman–Crippen LogP) is 3.30. The van der Waals surface area contributed by atoms with E-state index in [1.807, 2.05) is 18.7 Å². The van der Waals surface area contributed by atoms with Crippen molar-refractivity contribution < 1.29 is 22.4 Å². The summed E-state index contributed by atoms with van der Waals surface area (Å²) in [6, 6.07) is 6.35. The predicted molar refractivity (Wildman–Crippen MR) is 110 cm³/mol. The summed E-state index contributed by atoms with van der Waals surface area (Å²) in [6.07, 6.45) is -2.95. The summed E-state index contributed by atoms with van der Waals surface area (Å²) < 4.78 is 42.8. The highest BCUT2D eigenvalue weighted by Crippen LogP contribution is 2.29. The average molecular weight is 437 g/mol. The van der Waals surface area contributed by atoms with E-state index in [2.05, 4.69) is 20.6 Å². The zero-order valence-electron chi connectivity index (χ0n) is 16.9. The van der Waals surface area contributed by atoms with Crippen LogP contribution in [0.15, 0.2) is 45.7 Å². The van der Waals surface area contributed by atoms with Crippen LogP contribution < -0.4 is 16.4 Å². The van der Waals surface area contributed by atoms with Crippen LogP contribution in [0.4, 0.5) is 24.5 Å². The van der Waals surface area contributed by atoms with E-state index in [9.17, 15) is 22.8 Å². The van der Waals surface area contributed by atoms with E-state index in [-0.39, 0.29) is 24.1 Å². The number of carbonyl (C=O) groups is 1. The molecule has 0 bridgehead atoms. The monoisotopic (exact) mass is 437 g/mol. The Balaban J connectivity index is 1.52. The van der Waals surface area contributed by atoms with Gasteiger partial charge in [0, 0.05) is 30.9 Å². The third-order valence-electron chi connectivity index (χ3n) is 4.58. The Hall–Kier alpha value is -3.34. The zero-order chi connectivity index (χ0) is 22.6. The van der Waals surface area contributed by atoms with Gasteiger partial charge in [-0.25, -0.2) is 9.78 Å². The van der Waals surface area contributed by atoms with Gasteiger partial charge in [-0.1, -0.05) is 0 Å². The van der Waals surface area contributed by atoms with Crippen LogP contribution in [-0.4, -0.2) is 46.5 Å². The second-order valence-electron chi connectivity index (χ2n) is 7.20. The molecule has 11 heteroatoms. The number of anilines is 2. The molecular formula is C20H22F3N5O3. The molecule has 8 nitrogen and oxygen atoms in total. The second kappa shape index (κ2) is 9.21. The van der Waals surface area contributed by atoms with Crippen molar-refractivity contribution in [2.75, 3.05) is 30.3 Å². The summed E-state index contributed by atoms with van der Waals surface area (Å²) in [4.78, 5) is 32.0. The molecule has 1 aromatic carbocycles. The van der Waals surface area contributed by atoms with Crippen LogP contribution >= 0.6 is 0 Å². The molecule has 3 aromatic rings. The van der Waals surface area contributed by atoms with Crippen molar-refractivity contribution in [2.24, 2.45) is 0 Å². The number of rotatable bonds is 8. The lowest BCUT2D eigenvalue weighted by atomic mass is 10.2. The van der Waals surface area contributed by atoms with Crippen LogP contribution in [-0.2, 0) is 11.0 Å². The molecule has 166 valence electrons. The number of halogens is 3. The molecule has 0 spiro atoms. The number of fused-ring (bicyclic) bond motifs is 1. The SMILES string of the molecule is CC(C)N(CCNc1ccc(C(F)(F)F)cc1)CC(=O)Nc1cnc2[nH]c(=O)oc2c1. The molecule has 0 aliphatic heterocycles. The average Bonchev–Trinajstić information content (AvgIpc) is 3.06. The number of nitrogens with zero attached hydrogens (tertiary/aromatic N) is 2. The number of pyridine rings is 1. The lowest BCUT2D eigenvalue weighted by molar-refractivity contribution is -0.137. The van der Waals surface area contributed by atoms with Gasteiger partial charge >= 0.3 is 11.9 Å². The quantitative estimate of drug-likeness (QED) is 0.500. The van der Waals surface area contributed by atoms with Gasteiger partial charge in [-0.05, 0) is 38.1 Å². The Morgan fingerprint density at radius 2 is 1.94 bits per heavy atom. The maximum absolute atomic E-state index is 12.6. The fraction of sp³-hybridized carbons (Fsp3) is 0.350. The van der Waals surface area contributed by atoms with Gasteiger partial charge in [-0.2, -0.15) is 13.2 Å². The van der Waals surface area contributed by atoms with Gasteiger partial charge < -0.3 is 15.1 Å². The zero-order valence-corrected chi connectivity index (χ0v) is 16.9. The van der Waals surface area contributed by atoms with Crippen molar-refractivity contribution in [3.05, 3.63) is 52.6 Å². The van der Waals surface area contributed by atoms with E-state index < -0.39 is 17.5 Å². The first kappa shape index (κ1) is 22.3. The van der Waals surface area contributed by atoms with Crippen LogP contribution in [0.2, 0.25) is 0 Å². The first-order valence-electron chi connectivity index (χ1n) is 9.56. The molecule has 2 aromatic heterocycles. The molecule has 0 radical (unpaired) electrons. The number of nitrogens with one attached hydrogen (secondary N) is 3. The maximum Gasteiger partial charge on any atom is 0.418 e. The number of aromatic amines is 1. The summed E-state index contributed by atoms with van der Waals surface area (Å²) in [7, 11) is 0. The summed E-state index contributed by atoms with van der Waals surface area (Å²) in [5, 5.41) is 5.77. The summed E-state index contributed by atoms with van der Waals surface area (Å²) in [6.45, 7) is 4.91. The van der Waals surface area contributed by atoms with Crippen molar-refractivity contribution in [3.63, 3.8) is 0 Å². The van der Waals surface area contributed by atoms with Crippen molar-refractivity contribution >= 4 is 28.5 Å². The molecule has 0 atom stereocenters. The minimum atomic E-state index is -4.37. The number of aromatic nitrogens is 2. The molecule has 0 fully saturated rings. The number of hydrogen-bond acceptors (Lipinski definition) is 6. The van der Waals surface area contributed by atoms with Crippen LogP contribution in [0, 0.1) is 0 Å². The summed E-state index contributed by atoms with van der Waals surface area (Å²) >= 11 is 0. The molecule has 1 amide bonds. The molecule has 2 heterocycles. The molecule has 31 heavy (non-hydrogen) atoms. The Morgan fingerprint density at radius 1 is 1.23 bits per heavy atom. The highest BCUT2D eigenvalue weighted by atomic mass is 19.4. The standard InChI is InChI=1S/C20H22F3N5O3/c1-12(2)28(8-7-24-14-5-3-13(4-6-14)20(21,22)23)11-17(29)26-15-9-16-18(25-10-15)27-19(30)31-16/h3-6,9-10,12,24H,7-8,11H2,1-2H3,(H,26,29)(H,25,27,30). The minimum Gasteiger partial charge on any atom is -0.406 e. The topological polar surface area (TPSA) is 103 Å². The van der Waals surface area contributed by atoms with Gasteiger partial charge in [-0.15, -0.1) is 0 Å². The van der Waals surface area contributed by atoms with Gasteiger partial charge in [0.25, 0.3) is 0 Å². The van der Waals surface area contributed by atoms with Crippen molar-refractivity contribution in [1.29, 1.82) is 0 Å². The van der Waals surface area contributed by atoms with Gasteiger partial charge in [-0.3, -0.25) is 14.7 Å². The van der Waals surface area contributed by atoms with E-state index >= 15 is 0 Å². The van der Waals surface area contributed by atoms with E-state index in [0.717, 1.165) is 12.1 Å². The lowest BCUT2D eigenvalue weighted by Crippen LogP contribution is -2.40. The third kappa shape index (κ3) is 6.07. The van der Waals surface area contributed by atoms with Crippen molar-refractivity contribution in [2.45, 2.75) is 26.1 Å². The van der Waals surface area contributed by atoms with E-state index in [4.69, 9.17) is 4.42 Å². The summed E-state index contributed by atoms with van der Waals surface area (Å²) in [5.41, 5.74) is 0.788. The molecule has 3 rings (SSSR count). The maximum atomic E-state index is 12.6. The third-order valence-corrected chi connectivity index (χ3v) is 4.58. The lowest BCUT2D eigenvalue weighted by Gasteiger charge is -2.26. The first-order valence-corrected chi connectivity index (χ1v) is 9.56. The molecule has 0 aliphatic carbocycles. The summed E-state index contributed by atoms with van der Waals surface area (Å²) in [5.74, 6) is -0.903. The Labute approximate surface area is 175 Å². The number of oxazole rings is 1. The van der Waals surface area contributed by atoms with Crippen molar-refractivity contribution in [3.8, 4) is 0 Å². The highest BCUT2D eigenvalue weighted by molar-refractivity contribution is 5.93. The second-order valence-corrected chi connectivity index (χ2v) is 7.20. The van der Waals surface area contributed by atoms with Crippen molar-refractivity contribution in [1.82, 2.24) is 14.9 Å². The first-order chi connectivity index (χ1) is 14.6. The fourth-order valence-corrected chi connectivity index (χ4v) is 2.93. The smallest absolute Gasteiger partial charge is 0.406 e. The Kier molecular flexibility index (Phi) is 6.64. The van der Waals surface area contributed by atoms with Gasteiger partial charge in [0.15, 0.2) is 11.2 Å². The molecule has 0 saturated carbocycles. The molecule has 0 saturated heterocycles. The van der Waals surface area contributed by atoms with E-state index in [1.165, 1.54) is 24.4 Å². The van der Waals surface area contributed by atoms with E-state index in [0.29, 0.717) is 30.1 Å². The van der Waals surface area contributed by atoms with Crippen LogP contribution in [0.5, 0.6) is 0 Å². The van der Waals surface area contributed by atoms with Crippen LogP contribution in [0.3, 0.4) is 0 Å². The molecule has 0 aliphatic rings. The normalized spacial score (nSPS) is 12.0. The Morgan fingerprint density at radius 3 is 2.58 bits per heavy atom. The molecule has 0 unspecified atom stereocenters. The van der Waals surface area contributed by atoms with Gasteiger partial charge in [0.05, 0.1) is 24.0 Å². The Bertz CT molecular complexity index is 1090. The van der Waals surface area contributed by atoms with Gasteiger partial charge in [0.1, 0.15) is 0 Å². The fourth-order valence-electron chi connectivity index (χ4n) is 2.93. The number of carbonyl (C=O) groups excluding carboxylic acids is 1. The van der Waals surface area contributed by atoms with Crippen LogP contribution in [0.1, 0.15) is 19.4 Å². The van der Waals surface area contributed by atoms with Crippen LogP contribution in [0.25, 0.3) is 11.2 Å². The van der Waals surface area contributed by atoms with Gasteiger partial charge in [0.2, 0.25) is 5.91 Å². The largest absolute Gasteiger partial charge is 0.418 e. The molecule has 3 N–H and O–H groups in total. The number of H-pyrrole nitrogens is 1.